The number of hydrogen-bond acceptors (Lipinski definition) is 4. The maximum Gasteiger partial charge on any atom is 0.306 e. The largest absolute Gasteiger partial charge is 0.457 e. The third-order valence-corrected chi connectivity index (χ3v) is 9.08. The first-order valence-corrected chi connectivity index (χ1v) is 21.4. The van der Waals surface area contributed by atoms with Crippen molar-refractivity contribution in [2.75, 3.05) is 19.8 Å². The van der Waals surface area contributed by atoms with Crippen molar-refractivity contribution in [1.29, 1.82) is 0 Å². The smallest absolute Gasteiger partial charge is 0.306 e. The summed E-state index contributed by atoms with van der Waals surface area (Å²) < 4.78 is 11.1. The monoisotopic (exact) mass is 699 g/mol. The molecule has 1 atom stereocenters. The van der Waals surface area contributed by atoms with Crippen molar-refractivity contribution < 1.29 is 19.4 Å². The number of ether oxygens (including phenoxy) is 2. The van der Waals surface area contributed by atoms with Crippen LogP contribution in [0.4, 0.5) is 0 Å². The van der Waals surface area contributed by atoms with E-state index >= 15 is 0 Å². The third kappa shape index (κ3) is 40.5. The average Bonchev–Trinajstić information content (AvgIpc) is 3.12. The van der Waals surface area contributed by atoms with Gasteiger partial charge in [-0.3, -0.25) is 4.79 Å². The summed E-state index contributed by atoms with van der Waals surface area (Å²) in [6.45, 7) is 5.21. The van der Waals surface area contributed by atoms with Crippen molar-refractivity contribution in [3.05, 3.63) is 60.8 Å². The zero-order valence-electron chi connectivity index (χ0n) is 33.2. The highest BCUT2D eigenvalue weighted by Gasteiger charge is 2.13. The molecule has 0 heterocycles. The van der Waals surface area contributed by atoms with E-state index in [0.717, 1.165) is 44.9 Å². The van der Waals surface area contributed by atoms with E-state index in [2.05, 4.69) is 74.6 Å². The van der Waals surface area contributed by atoms with Gasteiger partial charge in [-0.1, -0.05) is 177 Å². The van der Waals surface area contributed by atoms with Crippen LogP contribution < -0.4 is 0 Å². The van der Waals surface area contributed by atoms with Crippen LogP contribution in [-0.2, 0) is 14.3 Å². The fraction of sp³-hybridized carbons (Fsp3) is 0.761. The molecule has 0 spiro atoms. The molecule has 0 aliphatic carbocycles. The SMILES string of the molecule is CC/C=C\C/C=C\C/C=C\C/C=C\CCCCCCCCCCCCCOCC(CO)OC(=O)CCCCCCC/C=C\CCCCCCC. The fourth-order valence-electron chi connectivity index (χ4n) is 5.90. The molecule has 0 aromatic rings. The predicted octanol–water partition coefficient (Wildman–Crippen LogP) is 14.0. The number of aliphatic hydroxyl groups is 1. The molecule has 0 radical (unpaired) electrons. The van der Waals surface area contributed by atoms with Gasteiger partial charge in [0.05, 0.1) is 13.2 Å². The highest BCUT2D eigenvalue weighted by Crippen LogP contribution is 2.13. The number of allylic oxidation sites excluding steroid dienone is 10. The Morgan fingerprint density at radius 2 is 0.900 bits per heavy atom. The number of aliphatic hydroxyl groups excluding tert-OH is 1. The highest BCUT2D eigenvalue weighted by molar-refractivity contribution is 5.69. The zero-order chi connectivity index (χ0) is 36.3. The van der Waals surface area contributed by atoms with Gasteiger partial charge in [0, 0.05) is 13.0 Å². The van der Waals surface area contributed by atoms with Crippen molar-refractivity contribution in [2.45, 2.75) is 206 Å². The van der Waals surface area contributed by atoms with Crippen molar-refractivity contribution in [3.63, 3.8) is 0 Å². The second-order valence-corrected chi connectivity index (χ2v) is 14.0. The zero-order valence-corrected chi connectivity index (χ0v) is 33.2. The molecule has 0 fully saturated rings. The van der Waals surface area contributed by atoms with Crippen molar-refractivity contribution >= 4 is 5.97 Å². The maximum atomic E-state index is 12.2. The maximum absolute atomic E-state index is 12.2. The van der Waals surface area contributed by atoms with E-state index in [-0.39, 0.29) is 19.2 Å². The average molecular weight is 699 g/mol. The standard InChI is InChI=1S/C46H82O4/c1-3-5-7-9-11-13-15-17-19-20-21-22-23-24-25-26-27-28-30-32-34-36-38-40-42-49-44-45(43-47)50-46(48)41-39-37-35-33-31-29-18-16-14-12-10-8-6-4-2/h5,7,11,13,16-19,21-22,45,47H,3-4,6,8-10,12,14-15,20,23-44H2,1-2H3/b7-5-,13-11-,18-16-,19-17-,22-21-. The van der Waals surface area contributed by atoms with Crippen LogP contribution in [0.3, 0.4) is 0 Å². The van der Waals surface area contributed by atoms with E-state index in [1.54, 1.807) is 0 Å². The van der Waals surface area contributed by atoms with Gasteiger partial charge >= 0.3 is 5.97 Å². The number of unbranched alkanes of at least 4 members (excludes halogenated alkanes) is 21. The minimum absolute atomic E-state index is 0.177. The molecule has 4 nitrogen and oxygen atoms in total. The van der Waals surface area contributed by atoms with Gasteiger partial charge in [-0.25, -0.2) is 0 Å². The minimum Gasteiger partial charge on any atom is -0.457 e. The summed E-state index contributed by atoms with van der Waals surface area (Å²) in [7, 11) is 0. The molecule has 0 aromatic carbocycles. The topological polar surface area (TPSA) is 55.8 Å². The molecule has 290 valence electrons. The normalized spacial score (nSPS) is 12.9. The van der Waals surface area contributed by atoms with Crippen LogP contribution in [0.15, 0.2) is 60.8 Å². The molecule has 0 saturated heterocycles. The molecule has 0 aromatic heterocycles. The predicted molar refractivity (Wildman–Crippen MR) is 219 cm³/mol. The van der Waals surface area contributed by atoms with Crippen LogP contribution in [0.25, 0.3) is 0 Å². The van der Waals surface area contributed by atoms with Gasteiger partial charge in [0.2, 0.25) is 0 Å². The van der Waals surface area contributed by atoms with Crippen molar-refractivity contribution in [2.24, 2.45) is 0 Å². The number of rotatable bonds is 39. The molecule has 0 aliphatic rings. The van der Waals surface area contributed by atoms with E-state index < -0.39 is 6.10 Å². The van der Waals surface area contributed by atoms with E-state index in [1.165, 1.54) is 135 Å². The molecule has 0 bridgehead atoms. The Labute approximate surface area is 311 Å². The van der Waals surface area contributed by atoms with Crippen LogP contribution in [0, 0.1) is 0 Å². The fourth-order valence-corrected chi connectivity index (χ4v) is 5.90. The third-order valence-electron chi connectivity index (χ3n) is 9.08. The summed E-state index contributed by atoms with van der Waals surface area (Å²) in [6, 6.07) is 0. The molecular weight excluding hydrogens is 617 g/mol. The molecule has 1 unspecified atom stereocenters. The Morgan fingerprint density at radius 1 is 0.500 bits per heavy atom. The number of carbonyl (C=O) groups is 1. The Morgan fingerprint density at radius 3 is 1.38 bits per heavy atom. The first-order chi connectivity index (χ1) is 24.7. The summed E-state index contributed by atoms with van der Waals surface area (Å²) in [5, 5.41) is 9.59. The van der Waals surface area contributed by atoms with E-state index in [0.29, 0.717) is 13.0 Å². The van der Waals surface area contributed by atoms with Gasteiger partial charge in [-0.15, -0.1) is 0 Å². The van der Waals surface area contributed by atoms with Gasteiger partial charge < -0.3 is 14.6 Å². The molecule has 0 aliphatic heterocycles. The number of esters is 1. The molecular formula is C46H82O4. The summed E-state index contributed by atoms with van der Waals surface area (Å²) >= 11 is 0. The summed E-state index contributed by atoms with van der Waals surface area (Å²) in [5.74, 6) is -0.212. The Bertz CT molecular complexity index is 824. The lowest BCUT2D eigenvalue weighted by Crippen LogP contribution is -2.27. The molecule has 1 N–H and O–H groups in total. The van der Waals surface area contributed by atoms with Crippen LogP contribution in [0.2, 0.25) is 0 Å². The van der Waals surface area contributed by atoms with Gasteiger partial charge in [0.25, 0.3) is 0 Å². The van der Waals surface area contributed by atoms with E-state index in [4.69, 9.17) is 9.47 Å². The second kappa shape index (κ2) is 43.3. The molecule has 0 amide bonds. The van der Waals surface area contributed by atoms with Crippen molar-refractivity contribution in [3.8, 4) is 0 Å². The highest BCUT2D eigenvalue weighted by atomic mass is 16.6. The van der Waals surface area contributed by atoms with Gasteiger partial charge in [-0.2, -0.15) is 0 Å². The van der Waals surface area contributed by atoms with Crippen LogP contribution in [-0.4, -0.2) is 37.0 Å². The quantitative estimate of drug-likeness (QED) is 0.0394. The first kappa shape index (κ1) is 48.1. The van der Waals surface area contributed by atoms with Gasteiger partial charge in [0.15, 0.2) is 0 Å². The van der Waals surface area contributed by atoms with Crippen molar-refractivity contribution in [1.82, 2.24) is 0 Å². The second-order valence-electron chi connectivity index (χ2n) is 14.0. The first-order valence-electron chi connectivity index (χ1n) is 21.4. The summed E-state index contributed by atoms with van der Waals surface area (Å²) in [6.07, 6.45) is 57.1. The molecule has 50 heavy (non-hydrogen) atoms. The van der Waals surface area contributed by atoms with E-state index in [9.17, 15) is 9.90 Å². The molecule has 0 saturated carbocycles. The van der Waals surface area contributed by atoms with Crippen LogP contribution in [0.1, 0.15) is 200 Å². The molecule has 4 heteroatoms. The van der Waals surface area contributed by atoms with Crippen LogP contribution >= 0.6 is 0 Å². The molecule has 0 rings (SSSR count). The Balaban J connectivity index is 3.44. The number of hydrogen-bond donors (Lipinski definition) is 1. The lowest BCUT2D eigenvalue weighted by molar-refractivity contribution is -0.154. The Hall–Kier alpha value is -1.91. The summed E-state index contributed by atoms with van der Waals surface area (Å²) in [4.78, 5) is 12.2. The Kier molecular flexibility index (Phi) is 41.6. The number of carbonyl (C=O) groups excluding carboxylic acids is 1. The summed E-state index contributed by atoms with van der Waals surface area (Å²) in [5.41, 5.74) is 0. The van der Waals surface area contributed by atoms with Gasteiger partial charge in [0.1, 0.15) is 6.10 Å². The minimum atomic E-state index is -0.541. The van der Waals surface area contributed by atoms with Crippen LogP contribution in [0.5, 0.6) is 0 Å². The van der Waals surface area contributed by atoms with Gasteiger partial charge in [-0.05, 0) is 77.0 Å². The lowest BCUT2D eigenvalue weighted by Gasteiger charge is -2.15. The van der Waals surface area contributed by atoms with E-state index in [1.807, 2.05) is 0 Å². The lowest BCUT2D eigenvalue weighted by atomic mass is 10.1.